The van der Waals surface area contributed by atoms with Gasteiger partial charge in [-0.3, -0.25) is 4.79 Å². The monoisotopic (exact) mass is 418 g/mol. The second-order valence-corrected chi connectivity index (χ2v) is 7.53. The van der Waals surface area contributed by atoms with Gasteiger partial charge in [-0.2, -0.15) is 0 Å². The zero-order valence-corrected chi connectivity index (χ0v) is 17.4. The zero-order valence-electron chi connectivity index (χ0n) is 17.4. The Labute approximate surface area is 180 Å². The summed E-state index contributed by atoms with van der Waals surface area (Å²) in [5.41, 5.74) is 4.05. The number of rotatable bonds is 10. The highest BCUT2D eigenvalue weighted by Crippen LogP contribution is 2.36. The van der Waals surface area contributed by atoms with Crippen molar-refractivity contribution in [3.8, 4) is 5.75 Å². The molecule has 0 fully saturated rings. The van der Waals surface area contributed by atoms with Gasteiger partial charge in [-0.05, 0) is 42.2 Å². The largest absolute Gasteiger partial charge is 0.493 e. The Morgan fingerprint density at radius 2 is 2.06 bits per heavy atom. The van der Waals surface area contributed by atoms with Crippen molar-refractivity contribution in [1.29, 1.82) is 0 Å². The molecule has 2 aromatic carbocycles. The van der Waals surface area contributed by atoms with Crippen LogP contribution in [0.3, 0.4) is 0 Å². The Hall–Kier alpha value is -3.74. The van der Waals surface area contributed by atoms with Crippen molar-refractivity contribution in [2.24, 2.45) is 0 Å². The van der Waals surface area contributed by atoms with E-state index in [0.717, 1.165) is 52.3 Å². The summed E-state index contributed by atoms with van der Waals surface area (Å²) in [4.78, 5) is 22.0. The number of hydrogen-bond acceptors (Lipinski definition) is 4. The first kappa shape index (κ1) is 20.5. The van der Waals surface area contributed by atoms with Crippen LogP contribution in [0.1, 0.15) is 35.4 Å². The van der Waals surface area contributed by atoms with Crippen LogP contribution in [0.15, 0.2) is 61.1 Å². The van der Waals surface area contributed by atoms with E-state index in [2.05, 4.69) is 20.3 Å². The van der Waals surface area contributed by atoms with Crippen LogP contribution in [-0.2, 0) is 4.79 Å². The van der Waals surface area contributed by atoms with Crippen LogP contribution in [0.4, 0.5) is 5.95 Å². The van der Waals surface area contributed by atoms with Gasteiger partial charge in [0.2, 0.25) is 0 Å². The Bertz CT molecular complexity index is 1150. The summed E-state index contributed by atoms with van der Waals surface area (Å²) in [6.45, 7) is 3.36. The lowest BCUT2D eigenvalue weighted by atomic mass is 9.86. The van der Waals surface area contributed by atoms with Gasteiger partial charge < -0.3 is 25.1 Å². The summed E-state index contributed by atoms with van der Waals surface area (Å²) in [7, 11) is 0. The van der Waals surface area contributed by atoms with Crippen molar-refractivity contribution in [2.45, 2.75) is 25.7 Å². The van der Waals surface area contributed by atoms with Crippen molar-refractivity contribution in [3.63, 3.8) is 0 Å². The molecular formula is C24H26N4O3. The summed E-state index contributed by atoms with van der Waals surface area (Å²) in [5, 5.41) is 13.7. The van der Waals surface area contributed by atoms with Crippen molar-refractivity contribution in [2.75, 3.05) is 18.5 Å². The number of nitrogens with zero attached hydrogens (tertiary/aromatic N) is 1. The van der Waals surface area contributed by atoms with E-state index in [1.54, 1.807) is 12.4 Å². The lowest BCUT2D eigenvalue weighted by Gasteiger charge is -2.17. The SMILES string of the molecule is Cc1ccccc1C(CC(=O)O)c1c[nH]c2cc(OCCCNc3ncc[nH]3)ccc12. The number of anilines is 1. The highest BCUT2D eigenvalue weighted by atomic mass is 16.5. The van der Waals surface area contributed by atoms with Gasteiger partial charge in [0.25, 0.3) is 0 Å². The van der Waals surface area contributed by atoms with E-state index < -0.39 is 5.97 Å². The molecular weight excluding hydrogens is 392 g/mol. The van der Waals surface area contributed by atoms with Crippen molar-refractivity contribution in [1.82, 2.24) is 15.0 Å². The second kappa shape index (κ2) is 9.38. The number of aromatic amines is 2. The average molecular weight is 418 g/mol. The highest BCUT2D eigenvalue weighted by Gasteiger charge is 2.22. The first-order valence-electron chi connectivity index (χ1n) is 10.4. The normalized spacial score (nSPS) is 12.0. The first-order chi connectivity index (χ1) is 15.1. The molecule has 0 spiro atoms. The topological polar surface area (TPSA) is 103 Å². The van der Waals surface area contributed by atoms with Crippen molar-refractivity contribution in [3.05, 3.63) is 77.7 Å². The third-order valence-corrected chi connectivity index (χ3v) is 5.38. The van der Waals surface area contributed by atoms with Crippen LogP contribution in [-0.4, -0.2) is 39.2 Å². The summed E-state index contributed by atoms with van der Waals surface area (Å²) in [5.74, 6) is 0.507. The summed E-state index contributed by atoms with van der Waals surface area (Å²) < 4.78 is 5.89. The second-order valence-electron chi connectivity index (χ2n) is 7.53. The molecule has 2 aromatic heterocycles. The molecule has 0 bridgehead atoms. The molecule has 7 nitrogen and oxygen atoms in total. The van der Waals surface area contributed by atoms with E-state index in [0.29, 0.717) is 6.61 Å². The summed E-state index contributed by atoms with van der Waals surface area (Å²) in [6, 6.07) is 13.9. The molecule has 0 aliphatic carbocycles. The molecule has 0 aliphatic rings. The summed E-state index contributed by atoms with van der Waals surface area (Å²) in [6.07, 6.45) is 6.28. The van der Waals surface area contributed by atoms with Crippen LogP contribution in [0.5, 0.6) is 5.75 Å². The quantitative estimate of drug-likeness (QED) is 0.280. The molecule has 31 heavy (non-hydrogen) atoms. The van der Waals surface area contributed by atoms with Gasteiger partial charge in [0.05, 0.1) is 13.0 Å². The Balaban J connectivity index is 1.47. The van der Waals surface area contributed by atoms with Crippen LogP contribution >= 0.6 is 0 Å². The minimum Gasteiger partial charge on any atom is -0.493 e. The number of benzene rings is 2. The van der Waals surface area contributed by atoms with Gasteiger partial charge in [0, 0.05) is 48.0 Å². The summed E-state index contributed by atoms with van der Waals surface area (Å²) >= 11 is 0. The number of aromatic nitrogens is 3. The molecule has 0 aliphatic heterocycles. The number of imidazole rings is 1. The predicted octanol–water partition coefficient (Wildman–Crippen LogP) is 4.69. The number of nitrogens with one attached hydrogen (secondary N) is 3. The number of H-pyrrole nitrogens is 2. The van der Waals surface area contributed by atoms with E-state index in [1.807, 2.05) is 55.6 Å². The molecule has 0 amide bonds. The van der Waals surface area contributed by atoms with Crippen LogP contribution < -0.4 is 10.1 Å². The first-order valence-corrected chi connectivity index (χ1v) is 10.4. The van der Waals surface area contributed by atoms with Crippen molar-refractivity contribution < 1.29 is 14.6 Å². The fourth-order valence-electron chi connectivity index (χ4n) is 3.88. The molecule has 0 saturated heterocycles. The standard InChI is InChI=1S/C24H26N4O3/c1-16-5-2-3-6-18(16)20(14-23(29)30)21-15-28-22-13-17(7-8-19(21)22)31-12-4-9-25-24-26-10-11-27-24/h2-3,5-8,10-11,13,15,20,28H,4,9,12,14H2,1H3,(H,29,30)(H2,25,26,27). The van der Waals surface area contributed by atoms with E-state index in [9.17, 15) is 9.90 Å². The number of aryl methyl sites for hydroxylation is 1. The lowest BCUT2D eigenvalue weighted by molar-refractivity contribution is -0.137. The number of ether oxygens (including phenoxy) is 1. The lowest BCUT2D eigenvalue weighted by Crippen LogP contribution is -2.09. The van der Waals surface area contributed by atoms with Crippen LogP contribution in [0.25, 0.3) is 10.9 Å². The third-order valence-electron chi connectivity index (χ3n) is 5.38. The van der Waals surface area contributed by atoms with Crippen LogP contribution in [0.2, 0.25) is 0 Å². The molecule has 0 radical (unpaired) electrons. The number of aliphatic carboxylic acids is 1. The number of fused-ring (bicyclic) bond motifs is 1. The predicted molar refractivity (Wildman–Crippen MR) is 121 cm³/mol. The molecule has 4 aromatic rings. The van der Waals surface area contributed by atoms with Gasteiger partial charge in [0.1, 0.15) is 5.75 Å². The fourth-order valence-corrected chi connectivity index (χ4v) is 3.88. The van der Waals surface area contributed by atoms with E-state index in [4.69, 9.17) is 4.74 Å². The highest BCUT2D eigenvalue weighted by molar-refractivity contribution is 5.86. The number of hydrogen-bond donors (Lipinski definition) is 4. The minimum absolute atomic E-state index is 0.0404. The Kier molecular flexibility index (Phi) is 6.21. The number of carboxylic acid groups (broad SMARTS) is 1. The molecule has 2 heterocycles. The molecule has 160 valence electrons. The number of carbonyl (C=O) groups is 1. The fraction of sp³-hybridized carbons (Fsp3) is 0.250. The zero-order chi connectivity index (χ0) is 21.6. The maximum absolute atomic E-state index is 11.6. The minimum atomic E-state index is -0.814. The Morgan fingerprint density at radius 1 is 1.19 bits per heavy atom. The van der Waals surface area contributed by atoms with Gasteiger partial charge in [0.15, 0.2) is 5.95 Å². The van der Waals surface area contributed by atoms with Gasteiger partial charge in [-0.1, -0.05) is 24.3 Å². The van der Waals surface area contributed by atoms with Crippen molar-refractivity contribution >= 4 is 22.8 Å². The molecule has 1 atom stereocenters. The van der Waals surface area contributed by atoms with Gasteiger partial charge in [-0.25, -0.2) is 4.98 Å². The van der Waals surface area contributed by atoms with E-state index in [-0.39, 0.29) is 12.3 Å². The third kappa shape index (κ3) is 4.88. The van der Waals surface area contributed by atoms with Gasteiger partial charge in [-0.15, -0.1) is 0 Å². The molecule has 0 saturated carbocycles. The Morgan fingerprint density at radius 3 is 2.84 bits per heavy atom. The molecule has 4 rings (SSSR count). The molecule has 1 unspecified atom stereocenters. The van der Waals surface area contributed by atoms with Crippen LogP contribution in [0, 0.1) is 6.92 Å². The smallest absolute Gasteiger partial charge is 0.304 e. The maximum Gasteiger partial charge on any atom is 0.304 e. The van der Waals surface area contributed by atoms with Gasteiger partial charge >= 0.3 is 5.97 Å². The number of carboxylic acids is 1. The average Bonchev–Trinajstić information content (AvgIpc) is 3.42. The maximum atomic E-state index is 11.6. The van der Waals surface area contributed by atoms with E-state index >= 15 is 0 Å². The molecule has 4 N–H and O–H groups in total. The van der Waals surface area contributed by atoms with E-state index in [1.165, 1.54) is 0 Å². The molecule has 7 heteroatoms.